The summed E-state index contributed by atoms with van der Waals surface area (Å²) in [6.07, 6.45) is 12.0. The van der Waals surface area contributed by atoms with Crippen LogP contribution in [0.3, 0.4) is 0 Å². The third kappa shape index (κ3) is 1.69. The van der Waals surface area contributed by atoms with Crippen LogP contribution in [-0.4, -0.2) is 5.78 Å². The number of carbonyl (C=O) groups is 1. The summed E-state index contributed by atoms with van der Waals surface area (Å²) < 4.78 is 0. The summed E-state index contributed by atoms with van der Waals surface area (Å²) in [4.78, 5) is 11.8. The molecular weight excluding hydrogens is 306 g/mol. The number of hydrogen-bond donors (Lipinski definition) is 0. The molecule has 132 valence electrons. The second kappa shape index (κ2) is 4.87. The Morgan fingerprint density at radius 3 is 2.84 bits per heavy atom. The summed E-state index contributed by atoms with van der Waals surface area (Å²) in [6.45, 7) is 7.00. The fraction of sp³-hybridized carbons (Fsp3) is 0.739. The normalized spacial score (nSPS) is 55.4. The molecule has 0 spiro atoms. The van der Waals surface area contributed by atoms with Crippen LogP contribution < -0.4 is 0 Å². The lowest BCUT2D eigenvalue weighted by molar-refractivity contribution is -0.115. The van der Waals surface area contributed by atoms with Gasteiger partial charge in [-0.05, 0) is 91.1 Å². The fourth-order valence-electron chi connectivity index (χ4n) is 8.32. The van der Waals surface area contributed by atoms with Crippen LogP contribution in [0.2, 0.25) is 0 Å². The minimum atomic E-state index is -0.145. The van der Waals surface area contributed by atoms with Crippen molar-refractivity contribution in [2.45, 2.75) is 52.9 Å². The lowest BCUT2D eigenvalue weighted by Crippen LogP contribution is -2.51. The number of fused-ring (bicyclic) bond motifs is 7. The van der Waals surface area contributed by atoms with Crippen LogP contribution in [0.25, 0.3) is 0 Å². The molecule has 0 amide bonds. The molecule has 5 aliphatic rings. The molecule has 0 aliphatic heterocycles. The Kier molecular flexibility index (Phi) is 3.09. The highest BCUT2D eigenvalue weighted by Crippen LogP contribution is 2.81. The van der Waals surface area contributed by atoms with Crippen molar-refractivity contribution < 1.29 is 4.79 Å². The molecule has 2 heteroatoms. The molecule has 3 fully saturated rings. The van der Waals surface area contributed by atoms with Crippen LogP contribution in [0.15, 0.2) is 23.8 Å². The van der Waals surface area contributed by atoms with Gasteiger partial charge in [0.25, 0.3) is 0 Å². The van der Waals surface area contributed by atoms with E-state index < -0.39 is 0 Å². The third-order valence-corrected chi connectivity index (χ3v) is 9.38. The summed E-state index contributed by atoms with van der Waals surface area (Å²) in [7, 11) is 0. The van der Waals surface area contributed by atoms with Gasteiger partial charge in [0.15, 0.2) is 5.78 Å². The van der Waals surface area contributed by atoms with Crippen LogP contribution in [0.5, 0.6) is 0 Å². The maximum absolute atomic E-state index is 11.8. The smallest absolute Gasteiger partial charge is 0.155 e. The molecule has 0 aromatic carbocycles. The van der Waals surface area contributed by atoms with E-state index >= 15 is 0 Å². The Morgan fingerprint density at radius 1 is 1.32 bits per heavy atom. The van der Waals surface area contributed by atoms with E-state index in [1.165, 1.54) is 18.4 Å². The van der Waals surface area contributed by atoms with Crippen LogP contribution in [0.1, 0.15) is 52.9 Å². The Labute approximate surface area is 151 Å². The minimum absolute atomic E-state index is 0.145. The highest BCUT2D eigenvalue weighted by atomic mass is 16.1. The summed E-state index contributed by atoms with van der Waals surface area (Å²) in [5, 5.41) is 10.2. The van der Waals surface area contributed by atoms with Gasteiger partial charge in [-0.25, -0.2) is 0 Å². The van der Waals surface area contributed by atoms with Crippen molar-refractivity contribution in [1.29, 1.82) is 5.26 Å². The van der Waals surface area contributed by atoms with Crippen molar-refractivity contribution in [3.8, 4) is 6.07 Å². The molecule has 0 N–H and O–H groups in total. The Balaban J connectivity index is 1.60. The van der Waals surface area contributed by atoms with Gasteiger partial charge in [0.1, 0.15) is 0 Å². The molecular formula is C23H29NO. The van der Waals surface area contributed by atoms with Crippen LogP contribution in [0, 0.1) is 63.6 Å². The van der Waals surface area contributed by atoms with E-state index in [0.29, 0.717) is 41.3 Å². The van der Waals surface area contributed by atoms with Crippen molar-refractivity contribution in [3.05, 3.63) is 23.8 Å². The first-order valence-electron chi connectivity index (χ1n) is 10.3. The number of ketones is 1. The van der Waals surface area contributed by atoms with Crippen molar-refractivity contribution in [3.63, 3.8) is 0 Å². The lowest BCUT2D eigenvalue weighted by atomic mass is 9.47. The quantitative estimate of drug-likeness (QED) is 0.682. The Morgan fingerprint density at radius 2 is 2.12 bits per heavy atom. The van der Waals surface area contributed by atoms with Crippen molar-refractivity contribution in [2.24, 2.45) is 52.3 Å². The summed E-state index contributed by atoms with van der Waals surface area (Å²) in [5.74, 6) is 4.96. The number of hydrogen-bond acceptors (Lipinski definition) is 2. The van der Waals surface area contributed by atoms with Crippen LogP contribution in [-0.2, 0) is 4.79 Å². The number of nitriles is 1. The van der Waals surface area contributed by atoms with E-state index in [9.17, 15) is 10.1 Å². The van der Waals surface area contributed by atoms with Gasteiger partial charge in [0.2, 0.25) is 0 Å². The molecule has 2 nitrogen and oxygen atoms in total. The summed E-state index contributed by atoms with van der Waals surface area (Å²) >= 11 is 0. The molecule has 5 rings (SSSR count). The molecule has 0 aromatic rings. The predicted octanol–water partition coefficient (Wildman–Crippen LogP) is 4.93. The average molecular weight is 335 g/mol. The SMILES string of the molecule is CCC12CCC3C4CCC(=O)C=C4C=CC3[C@@H]1C1C(C)C1[C@]2(C)C#N. The zero-order valence-corrected chi connectivity index (χ0v) is 15.7. The maximum atomic E-state index is 11.8. The molecule has 0 heterocycles. The highest BCUT2D eigenvalue weighted by molar-refractivity contribution is 5.91. The predicted molar refractivity (Wildman–Crippen MR) is 97.2 cm³/mol. The molecule has 7 unspecified atom stereocenters. The summed E-state index contributed by atoms with van der Waals surface area (Å²) in [6, 6.07) is 2.83. The van der Waals surface area contributed by atoms with Gasteiger partial charge in [0.05, 0.1) is 11.5 Å². The van der Waals surface area contributed by atoms with Crippen molar-refractivity contribution in [1.82, 2.24) is 0 Å². The first kappa shape index (κ1) is 15.9. The number of allylic oxidation sites excluding steroid dienone is 4. The second-order valence-electron chi connectivity index (χ2n) is 9.71. The molecule has 9 atom stereocenters. The standard InChI is InChI=1S/C23H29NO/c1-4-23-10-9-17-16-8-6-15(25)11-14(16)5-7-18(17)21(23)19-13(2)20(19)22(23,3)12-24/h5,7,11,13,16-21H,4,6,8-10H2,1-3H3/t13?,16?,17?,18?,19?,20?,21-,22+,23?/m1/s1. The molecule has 3 saturated carbocycles. The Hall–Kier alpha value is -1.36. The first-order chi connectivity index (χ1) is 12.0. The van der Waals surface area contributed by atoms with Crippen LogP contribution in [0.4, 0.5) is 0 Å². The monoisotopic (exact) mass is 335 g/mol. The van der Waals surface area contributed by atoms with Gasteiger partial charge in [-0.1, -0.05) is 26.0 Å². The zero-order chi connectivity index (χ0) is 17.6. The third-order valence-electron chi connectivity index (χ3n) is 9.38. The molecule has 25 heavy (non-hydrogen) atoms. The van der Waals surface area contributed by atoms with Gasteiger partial charge in [-0.2, -0.15) is 5.26 Å². The van der Waals surface area contributed by atoms with Crippen LogP contribution >= 0.6 is 0 Å². The van der Waals surface area contributed by atoms with E-state index in [0.717, 1.165) is 25.2 Å². The van der Waals surface area contributed by atoms with E-state index in [-0.39, 0.29) is 10.8 Å². The summed E-state index contributed by atoms with van der Waals surface area (Å²) in [5.41, 5.74) is 1.36. The van der Waals surface area contributed by atoms with Crippen molar-refractivity contribution in [2.75, 3.05) is 0 Å². The van der Waals surface area contributed by atoms with E-state index in [4.69, 9.17) is 0 Å². The topological polar surface area (TPSA) is 40.9 Å². The maximum Gasteiger partial charge on any atom is 0.155 e. The molecule has 0 bridgehead atoms. The van der Waals surface area contributed by atoms with E-state index in [1.54, 1.807) is 0 Å². The molecule has 0 saturated heterocycles. The number of carbonyl (C=O) groups excluding carboxylic acids is 1. The Bertz CT molecular complexity index is 742. The molecule has 0 radical (unpaired) electrons. The van der Waals surface area contributed by atoms with E-state index in [1.807, 2.05) is 6.08 Å². The fourth-order valence-corrected chi connectivity index (χ4v) is 8.32. The average Bonchev–Trinajstić information content (AvgIpc) is 3.22. The molecule has 5 aliphatic carbocycles. The van der Waals surface area contributed by atoms with Gasteiger partial charge in [-0.3, -0.25) is 4.79 Å². The first-order valence-corrected chi connectivity index (χ1v) is 10.3. The van der Waals surface area contributed by atoms with E-state index in [2.05, 4.69) is 39.0 Å². The number of rotatable bonds is 1. The minimum Gasteiger partial charge on any atom is -0.295 e. The highest BCUT2D eigenvalue weighted by Gasteiger charge is 2.78. The zero-order valence-electron chi connectivity index (χ0n) is 15.7. The van der Waals surface area contributed by atoms with Gasteiger partial charge >= 0.3 is 0 Å². The lowest BCUT2D eigenvalue weighted by Gasteiger charge is -2.56. The van der Waals surface area contributed by atoms with Gasteiger partial charge in [0, 0.05) is 6.42 Å². The van der Waals surface area contributed by atoms with Gasteiger partial charge in [-0.15, -0.1) is 0 Å². The number of nitrogens with zero attached hydrogens (tertiary/aromatic N) is 1. The second-order valence-corrected chi connectivity index (χ2v) is 9.71. The van der Waals surface area contributed by atoms with Gasteiger partial charge < -0.3 is 0 Å². The molecule has 0 aromatic heterocycles. The largest absolute Gasteiger partial charge is 0.295 e. The van der Waals surface area contributed by atoms with Crippen molar-refractivity contribution >= 4 is 5.78 Å².